The van der Waals surface area contributed by atoms with Gasteiger partial charge in [0.15, 0.2) is 0 Å². The van der Waals surface area contributed by atoms with Crippen molar-refractivity contribution < 1.29 is 14.3 Å². The topological polar surface area (TPSA) is 55.4 Å². The van der Waals surface area contributed by atoms with E-state index in [0.717, 1.165) is 18.4 Å². The van der Waals surface area contributed by atoms with Crippen LogP contribution in [0.1, 0.15) is 35.2 Å². The first kappa shape index (κ1) is 14.3. The monoisotopic (exact) mass is 273 g/mol. The Morgan fingerprint density at radius 3 is 2.65 bits per heavy atom. The first-order valence-corrected chi connectivity index (χ1v) is 6.79. The average Bonchev–Trinajstić information content (AvgIpc) is 2.97. The third-order valence-electron chi connectivity index (χ3n) is 3.42. The first-order valence-electron chi connectivity index (χ1n) is 6.79. The number of carbonyl (C=O) groups excluding carboxylic acids is 2. The number of amides is 1. The van der Waals surface area contributed by atoms with Crippen molar-refractivity contribution in [3.63, 3.8) is 0 Å². The van der Waals surface area contributed by atoms with Crippen LogP contribution in [0.2, 0.25) is 0 Å². The zero-order valence-electron chi connectivity index (χ0n) is 11.6. The molecule has 106 valence electrons. The van der Waals surface area contributed by atoms with Crippen molar-refractivity contribution in [2.45, 2.75) is 25.8 Å². The van der Waals surface area contributed by atoms with E-state index < -0.39 is 0 Å². The Labute approximate surface area is 118 Å². The number of methoxy groups -OCH3 is 1. The van der Waals surface area contributed by atoms with E-state index in [9.17, 15) is 9.59 Å². The summed E-state index contributed by atoms with van der Waals surface area (Å²) >= 11 is 0. The number of ether oxygens (including phenoxy) is 1. The molecular formula is C16H19NO3. The third kappa shape index (κ3) is 3.95. The molecule has 1 unspecified atom stereocenters. The SMILES string of the molecule is COC(=O)c1ccc(CNC(=O)CC2C=CCC2)cc1. The maximum absolute atomic E-state index is 11.8. The lowest BCUT2D eigenvalue weighted by atomic mass is 10.0. The summed E-state index contributed by atoms with van der Waals surface area (Å²) in [6.45, 7) is 0.483. The standard InChI is InChI=1S/C16H19NO3/c1-20-16(19)14-8-6-13(7-9-14)11-17-15(18)10-12-4-2-3-5-12/h2,4,6-9,12H,3,5,10-11H2,1H3,(H,17,18). The van der Waals surface area contributed by atoms with Gasteiger partial charge in [0.05, 0.1) is 12.7 Å². The summed E-state index contributed by atoms with van der Waals surface area (Å²) in [6, 6.07) is 7.05. The summed E-state index contributed by atoms with van der Waals surface area (Å²) in [5, 5.41) is 2.90. The molecule has 0 saturated heterocycles. The summed E-state index contributed by atoms with van der Waals surface area (Å²) in [7, 11) is 1.36. The number of benzene rings is 1. The predicted octanol–water partition coefficient (Wildman–Crippen LogP) is 2.45. The molecule has 1 aromatic carbocycles. The van der Waals surface area contributed by atoms with Crippen molar-refractivity contribution in [1.82, 2.24) is 5.32 Å². The van der Waals surface area contributed by atoms with Gasteiger partial charge in [-0.15, -0.1) is 0 Å². The van der Waals surface area contributed by atoms with E-state index in [1.54, 1.807) is 12.1 Å². The molecule has 1 aliphatic carbocycles. The van der Waals surface area contributed by atoms with E-state index in [-0.39, 0.29) is 11.9 Å². The van der Waals surface area contributed by atoms with Crippen molar-refractivity contribution in [1.29, 1.82) is 0 Å². The molecule has 2 rings (SSSR count). The van der Waals surface area contributed by atoms with Crippen molar-refractivity contribution in [3.8, 4) is 0 Å². The fourth-order valence-corrected chi connectivity index (χ4v) is 2.25. The molecule has 0 bridgehead atoms. The zero-order valence-corrected chi connectivity index (χ0v) is 11.6. The Bertz CT molecular complexity index is 505. The molecule has 0 fully saturated rings. The molecule has 1 atom stereocenters. The molecule has 0 aliphatic heterocycles. The Balaban J connectivity index is 1.79. The lowest BCUT2D eigenvalue weighted by Crippen LogP contribution is -2.24. The van der Waals surface area contributed by atoms with Crippen LogP contribution in [0.4, 0.5) is 0 Å². The lowest BCUT2D eigenvalue weighted by molar-refractivity contribution is -0.121. The lowest BCUT2D eigenvalue weighted by Gasteiger charge is -2.09. The van der Waals surface area contributed by atoms with Crippen LogP contribution in [0.25, 0.3) is 0 Å². The molecule has 0 saturated carbocycles. The number of nitrogens with one attached hydrogen (secondary N) is 1. The van der Waals surface area contributed by atoms with Gasteiger partial charge in [-0.25, -0.2) is 4.79 Å². The number of esters is 1. The molecule has 1 aromatic rings. The van der Waals surface area contributed by atoms with E-state index in [0.29, 0.717) is 24.4 Å². The van der Waals surface area contributed by atoms with Gasteiger partial charge in [-0.3, -0.25) is 4.79 Å². The Morgan fingerprint density at radius 1 is 1.30 bits per heavy atom. The van der Waals surface area contributed by atoms with Crippen molar-refractivity contribution in [2.24, 2.45) is 5.92 Å². The molecule has 0 heterocycles. The van der Waals surface area contributed by atoms with Crippen molar-refractivity contribution >= 4 is 11.9 Å². The zero-order chi connectivity index (χ0) is 14.4. The number of carbonyl (C=O) groups is 2. The van der Waals surface area contributed by atoms with E-state index in [1.165, 1.54) is 7.11 Å². The summed E-state index contributed by atoms with van der Waals surface area (Å²) in [5.41, 5.74) is 1.48. The average molecular weight is 273 g/mol. The Kier molecular flexibility index (Phi) is 4.93. The highest BCUT2D eigenvalue weighted by Crippen LogP contribution is 2.20. The van der Waals surface area contributed by atoms with Crippen LogP contribution in [-0.2, 0) is 16.1 Å². The van der Waals surface area contributed by atoms with E-state index in [4.69, 9.17) is 0 Å². The van der Waals surface area contributed by atoms with Gasteiger partial charge < -0.3 is 10.1 Å². The molecular weight excluding hydrogens is 254 g/mol. The molecule has 0 radical (unpaired) electrons. The minimum absolute atomic E-state index is 0.0681. The Morgan fingerprint density at radius 2 is 2.05 bits per heavy atom. The minimum atomic E-state index is -0.353. The van der Waals surface area contributed by atoms with Crippen LogP contribution in [0.5, 0.6) is 0 Å². The molecule has 1 N–H and O–H groups in total. The largest absolute Gasteiger partial charge is 0.465 e. The number of allylic oxidation sites excluding steroid dienone is 2. The summed E-state index contributed by atoms with van der Waals surface area (Å²) < 4.78 is 4.63. The highest BCUT2D eigenvalue weighted by Gasteiger charge is 2.13. The van der Waals surface area contributed by atoms with E-state index >= 15 is 0 Å². The second-order valence-electron chi connectivity index (χ2n) is 4.93. The molecule has 0 spiro atoms. The van der Waals surface area contributed by atoms with Crippen LogP contribution >= 0.6 is 0 Å². The van der Waals surface area contributed by atoms with E-state index in [2.05, 4.69) is 22.2 Å². The van der Waals surface area contributed by atoms with Crippen LogP contribution < -0.4 is 5.32 Å². The van der Waals surface area contributed by atoms with Gasteiger partial charge in [-0.05, 0) is 36.5 Å². The first-order chi connectivity index (χ1) is 9.69. The summed E-state index contributed by atoms with van der Waals surface area (Å²) in [4.78, 5) is 23.1. The van der Waals surface area contributed by atoms with Gasteiger partial charge in [0.1, 0.15) is 0 Å². The number of rotatable bonds is 5. The smallest absolute Gasteiger partial charge is 0.337 e. The number of hydrogen-bond acceptors (Lipinski definition) is 3. The summed E-state index contributed by atoms with van der Waals surface area (Å²) in [5.74, 6) is 0.101. The second-order valence-corrected chi connectivity index (χ2v) is 4.93. The number of hydrogen-bond donors (Lipinski definition) is 1. The van der Waals surface area contributed by atoms with Gasteiger partial charge in [-0.2, -0.15) is 0 Å². The van der Waals surface area contributed by atoms with Crippen molar-refractivity contribution in [3.05, 3.63) is 47.5 Å². The minimum Gasteiger partial charge on any atom is -0.465 e. The highest BCUT2D eigenvalue weighted by molar-refractivity contribution is 5.89. The second kappa shape index (κ2) is 6.89. The highest BCUT2D eigenvalue weighted by atomic mass is 16.5. The van der Waals surface area contributed by atoms with Crippen LogP contribution in [0.3, 0.4) is 0 Å². The van der Waals surface area contributed by atoms with Crippen LogP contribution in [-0.4, -0.2) is 19.0 Å². The molecule has 1 aliphatic rings. The molecule has 4 nitrogen and oxygen atoms in total. The van der Waals surface area contributed by atoms with Crippen LogP contribution in [0.15, 0.2) is 36.4 Å². The Hall–Kier alpha value is -2.10. The van der Waals surface area contributed by atoms with Crippen LogP contribution in [0, 0.1) is 5.92 Å². The van der Waals surface area contributed by atoms with Gasteiger partial charge in [0.25, 0.3) is 0 Å². The molecule has 4 heteroatoms. The summed E-state index contributed by atoms with van der Waals surface area (Å²) in [6.07, 6.45) is 6.94. The fourth-order valence-electron chi connectivity index (χ4n) is 2.25. The maximum Gasteiger partial charge on any atom is 0.337 e. The quantitative estimate of drug-likeness (QED) is 0.662. The predicted molar refractivity (Wildman–Crippen MR) is 76.1 cm³/mol. The molecule has 1 amide bonds. The third-order valence-corrected chi connectivity index (χ3v) is 3.42. The van der Waals surface area contributed by atoms with Crippen molar-refractivity contribution in [2.75, 3.05) is 7.11 Å². The van der Waals surface area contributed by atoms with Gasteiger partial charge >= 0.3 is 5.97 Å². The van der Waals surface area contributed by atoms with Gasteiger partial charge in [0.2, 0.25) is 5.91 Å². The normalized spacial score (nSPS) is 16.9. The van der Waals surface area contributed by atoms with E-state index in [1.807, 2.05) is 12.1 Å². The van der Waals surface area contributed by atoms with Gasteiger partial charge in [0, 0.05) is 13.0 Å². The molecule has 0 aromatic heterocycles. The maximum atomic E-state index is 11.8. The fraction of sp³-hybridized carbons (Fsp3) is 0.375. The molecule has 20 heavy (non-hydrogen) atoms. The van der Waals surface area contributed by atoms with Gasteiger partial charge in [-0.1, -0.05) is 24.3 Å².